The Balaban J connectivity index is 1.13. The van der Waals surface area contributed by atoms with Gasteiger partial charge in [0.2, 0.25) is 0 Å². The van der Waals surface area contributed by atoms with Crippen LogP contribution in [-0.4, -0.2) is 18.9 Å². The van der Waals surface area contributed by atoms with Gasteiger partial charge in [0.05, 0.1) is 19.8 Å². The Hall–Kier alpha value is -2.60. The first kappa shape index (κ1) is 37.7. The molecule has 4 aliphatic carbocycles. The number of methoxy groups -OCH3 is 1. The highest BCUT2D eigenvalue weighted by Crippen LogP contribution is 2.72. The number of ether oxygens (including phenoxy) is 3. The summed E-state index contributed by atoms with van der Waals surface area (Å²) in [5, 5.41) is 0. The van der Waals surface area contributed by atoms with Crippen molar-refractivity contribution in [3.63, 3.8) is 0 Å². The summed E-state index contributed by atoms with van der Waals surface area (Å²) < 4.78 is 19.0. The van der Waals surface area contributed by atoms with Crippen LogP contribution in [0, 0.1) is 57.7 Å². The molecule has 6 heteroatoms. The summed E-state index contributed by atoms with van der Waals surface area (Å²) in [6, 6.07) is 10.9. The molecule has 2 aromatic rings. The summed E-state index contributed by atoms with van der Waals surface area (Å²) in [5.74, 6) is 5.45. The van der Waals surface area contributed by atoms with Crippen LogP contribution in [0.2, 0.25) is 0 Å². The zero-order valence-electron chi connectivity index (χ0n) is 32.9. The number of Topliss-reactive ketones (excluding diaryl/α,β-unsaturated/α-hetero) is 1. The average molecular weight is 774 g/mol. The molecular weight excluding hydrogens is 712 g/mol. The van der Waals surface area contributed by atoms with Gasteiger partial charge in [-0.1, -0.05) is 88.5 Å². The smallest absolute Gasteiger partial charge is 0.343 e. The van der Waals surface area contributed by atoms with E-state index in [2.05, 4.69) is 64.4 Å². The third-order valence-corrected chi connectivity index (χ3v) is 16.0. The molecule has 4 fully saturated rings. The Morgan fingerprint density at radius 1 is 0.962 bits per heavy atom. The molecule has 52 heavy (non-hydrogen) atoms. The van der Waals surface area contributed by atoms with Gasteiger partial charge < -0.3 is 14.2 Å². The van der Waals surface area contributed by atoms with E-state index in [4.69, 9.17) is 14.2 Å². The zero-order chi connectivity index (χ0) is 37.2. The Labute approximate surface area is 321 Å². The number of esters is 1. The average Bonchev–Trinajstić information content (AvgIpc) is 3.68. The second-order valence-electron chi connectivity index (χ2n) is 18.7. The molecular formula is C46H61BrO5. The topological polar surface area (TPSA) is 61.8 Å². The molecule has 0 bridgehead atoms. The van der Waals surface area contributed by atoms with E-state index in [0.29, 0.717) is 56.3 Å². The van der Waals surface area contributed by atoms with Gasteiger partial charge >= 0.3 is 5.97 Å². The van der Waals surface area contributed by atoms with Gasteiger partial charge in [-0.05, 0) is 140 Å². The van der Waals surface area contributed by atoms with Crippen molar-refractivity contribution in [2.75, 3.05) is 7.11 Å². The minimum atomic E-state index is -0.667. The lowest BCUT2D eigenvalue weighted by molar-refractivity contribution is -0.191. The first-order chi connectivity index (χ1) is 24.7. The molecule has 282 valence electrons. The number of carbonyl (C=O) groups is 2. The fourth-order valence-electron chi connectivity index (χ4n) is 12.8. The van der Waals surface area contributed by atoms with Crippen molar-refractivity contribution in [2.45, 2.75) is 125 Å². The van der Waals surface area contributed by atoms with E-state index in [1.807, 2.05) is 30.5 Å². The molecule has 0 N–H and O–H groups in total. The van der Waals surface area contributed by atoms with Crippen molar-refractivity contribution < 1.29 is 23.8 Å². The lowest BCUT2D eigenvalue weighted by Gasteiger charge is -2.68. The third kappa shape index (κ3) is 6.29. The van der Waals surface area contributed by atoms with Crippen LogP contribution in [-0.2, 0) is 4.74 Å². The van der Waals surface area contributed by atoms with Crippen molar-refractivity contribution in [3.05, 3.63) is 69.4 Å². The number of carbonyl (C=O) groups excluding carboxylic acids is 2. The number of rotatable bonds is 9. The second kappa shape index (κ2) is 14.2. The number of hydrogen-bond acceptors (Lipinski definition) is 5. The van der Waals surface area contributed by atoms with Crippen molar-refractivity contribution in [2.24, 2.45) is 57.7 Å². The number of benzene rings is 2. The van der Waals surface area contributed by atoms with Crippen LogP contribution in [0.25, 0.3) is 0 Å². The van der Waals surface area contributed by atoms with Crippen LogP contribution in [0.4, 0.5) is 0 Å². The zero-order valence-corrected chi connectivity index (χ0v) is 34.4. The van der Waals surface area contributed by atoms with Crippen LogP contribution in [0.5, 0.6) is 11.5 Å². The summed E-state index contributed by atoms with van der Waals surface area (Å²) in [7, 11) is 1.60. The van der Waals surface area contributed by atoms with Gasteiger partial charge in [-0.25, -0.2) is 4.79 Å². The van der Waals surface area contributed by atoms with Crippen molar-refractivity contribution >= 4 is 27.7 Å². The van der Waals surface area contributed by atoms with E-state index in [0.717, 1.165) is 34.1 Å². The normalized spacial score (nSPS) is 35.6. The van der Waals surface area contributed by atoms with Gasteiger partial charge in [-0.2, -0.15) is 0 Å². The van der Waals surface area contributed by atoms with E-state index in [1.54, 1.807) is 19.2 Å². The number of hydrogen-bond donors (Lipinski definition) is 0. The van der Waals surface area contributed by atoms with Crippen LogP contribution >= 0.6 is 15.9 Å². The lowest BCUT2D eigenvalue weighted by atomic mass is 9.37. The lowest BCUT2D eigenvalue weighted by Crippen LogP contribution is -2.61. The van der Waals surface area contributed by atoms with Crippen molar-refractivity contribution in [1.82, 2.24) is 0 Å². The number of cyclic esters (lactones) is 1. The fourth-order valence-corrected chi connectivity index (χ4v) is 13.1. The van der Waals surface area contributed by atoms with Crippen LogP contribution in [0.1, 0.15) is 151 Å². The van der Waals surface area contributed by atoms with E-state index >= 15 is 0 Å². The first-order valence-electron chi connectivity index (χ1n) is 20.3. The summed E-state index contributed by atoms with van der Waals surface area (Å²) in [6.45, 7) is 17.6. The molecule has 5 nitrogen and oxygen atoms in total. The predicted octanol–water partition coefficient (Wildman–Crippen LogP) is 12.6. The number of fused-ring (bicyclic) bond motifs is 6. The molecule has 0 aromatic heterocycles. The summed E-state index contributed by atoms with van der Waals surface area (Å²) in [4.78, 5) is 26.6. The molecule has 4 saturated carbocycles. The van der Waals surface area contributed by atoms with Gasteiger partial charge in [-0.3, -0.25) is 4.79 Å². The van der Waals surface area contributed by atoms with Crippen molar-refractivity contribution in [1.29, 1.82) is 0 Å². The molecule has 0 amide bonds. The second-order valence-corrected chi connectivity index (χ2v) is 19.6. The van der Waals surface area contributed by atoms with Crippen molar-refractivity contribution in [3.8, 4) is 11.5 Å². The maximum atomic E-state index is 13.4. The minimum Gasteiger partial charge on any atom is -0.493 e. The van der Waals surface area contributed by atoms with Crippen LogP contribution < -0.4 is 9.47 Å². The molecule has 0 radical (unpaired) electrons. The fraction of sp³-hybridized carbons (Fsp3) is 0.652. The van der Waals surface area contributed by atoms with E-state index in [-0.39, 0.29) is 12.2 Å². The Morgan fingerprint density at radius 2 is 1.65 bits per heavy atom. The van der Waals surface area contributed by atoms with Gasteiger partial charge in [0, 0.05) is 15.6 Å². The summed E-state index contributed by atoms with van der Waals surface area (Å²) >= 11 is 3.43. The molecule has 5 aliphatic rings. The van der Waals surface area contributed by atoms with E-state index in [9.17, 15) is 9.59 Å². The number of ketones is 1. The molecule has 2 aromatic carbocycles. The van der Waals surface area contributed by atoms with E-state index in [1.165, 1.54) is 69.8 Å². The Bertz CT molecular complexity index is 1700. The summed E-state index contributed by atoms with van der Waals surface area (Å²) in [5.41, 5.74) is 4.00. The molecule has 1 aliphatic heterocycles. The Morgan fingerprint density at radius 3 is 2.35 bits per heavy atom. The largest absolute Gasteiger partial charge is 0.493 e. The maximum Gasteiger partial charge on any atom is 0.343 e. The van der Waals surface area contributed by atoms with Gasteiger partial charge in [0.25, 0.3) is 0 Å². The molecule has 1 heterocycles. The molecule has 10 atom stereocenters. The number of allylic oxidation sites excluding steroid dienone is 1. The third-order valence-electron chi connectivity index (χ3n) is 15.5. The first-order valence-corrected chi connectivity index (χ1v) is 21.0. The standard InChI is InChI=1S/C46H61BrO5/c1-9-10-32-34(44(3,4)5)22-24-45(6)35(32)18-19-36-40-29(21-23-46(36,45)7)13-16-31(40)27(2)26-51-42-38(50-8)20-17-33-39(52-43(49)41(33)42)25-37(48)28-11-14-30(47)15-12-28/h11-12,14-15,17,20,26,29,31-32,34-36,39-40H,9-10,13,16,18-19,21-25H2,1-8H3/b27-26+/t29?,31-,32?,34?,35?,36?,39?,40?,45+,46+/m0/s1. The molecule has 0 spiro atoms. The predicted molar refractivity (Wildman–Crippen MR) is 211 cm³/mol. The molecule has 0 saturated heterocycles. The molecule has 7 rings (SSSR count). The number of halogens is 1. The van der Waals surface area contributed by atoms with Gasteiger partial charge in [0.15, 0.2) is 17.3 Å². The quantitative estimate of drug-likeness (QED) is 0.144. The highest BCUT2D eigenvalue weighted by atomic mass is 79.9. The van der Waals surface area contributed by atoms with Gasteiger partial charge in [0.1, 0.15) is 11.7 Å². The highest BCUT2D eigenvalue weighted by Gasteiger charge is 2.65. The van der Waals surface area contributed by atoms with E-state index < -0.39 is 12.1 Å². The summed E-state index contributed by atoms with van der Waals surface area (Å²) in [6.07, 6.45) is 14.7. The van der Waals surface area contributed by atoms with Crippen LogP contribution in [0.3, 0.4) is 0 Å². The molecule has 7 unspecified atom stereocenters. The SMILES string of the molecule is CCCC1C(C(C)(C)C)CC[C@]2(C)C1CCC1C3C(CC[C@H]3/C(C)=C/Oc3c(OC)ccc4c3C(=O)OC4CC(=O)c3ccc(Br)cc3)CC[C@]12C. The van der Waals surface area contributed by atoms with Crippen LogP contribution in [0.15, 0.2) is 52.7 Å². The van der Waals surface area contributed by atoms with Gasteiger partial charge in [-0.15, -0.1) is 0 Å². The highest BCUT2D eigenvalue weighted by molar-refractivity contribution is 9.10. The maximum absolute atomic E-state index is 13.4. The Kier molecular flexibility index (Phi) is 10.3. The monoisotopic (exact) mass is 772 g/mol. The minimum absolute atomic E-state index is 0.0716.